The molecule has 0 aliphatic rings. The van der Waals surface area contributed by atoms with Crippen molar-refractivity contribution in [1.29, 1.82) is 0 Å². The zero-order chi connectivity index (χ0) is 45.9. The first-order valence-corrected chi connectivity index (χ1v) is 28.4. The van der Waals surface area contributed by atoms with Crippen molar-refractivity contribution in [3.63, 3.8) is 0 Å². The molecule has 0 heterocycles. The predicted octanol–water partition coefficient (Wildman–Crippen LogP) is 18.6. The summed E-state index contributed by atoms with van der Waals surface area (Å²) in [7, 11) is 0. The van der Waals surface area contributed by atoms with E-state index < -0.39 is 6.10 Å². The number of rotatable bonds is 52. The van der Waals surface area contributed by atoms with Gasteiger partial charge in [-0.15, -0.1) is 0 Å². The SMILES string of the molecule is CCCCCCCCCCCCCCCCCCCCC(=O)O[C@H](COC(=O)CCCCCCCCCCCCCCC)COC(=O)CCCCCCCCCCCCC(C)CC. The molecule has 0 spiro atoms. The van der Waals surface area contributed by atoms with Crippen LogP contribution in [0.15, 0.2) is 0 Å². The third-order valence-electron chi connectivity index (χ3n) is 13.4. The molecule has 63 heavy (non-hydrogen) atoms. The fourth-order valence-corrected chi connectivity index (χ4v) is 8.72. The van der Waals surface area contributed by atoms with E-state index in [4.69, 9.17) is 14.2 Å². The van der Waals surface area contributed by atoms with Gasteiger partial charge >= 0.3 is 17.9 Å². The lowest BCUT2D eigenvalue weighted by molar-refractivity contribution is -0.167. The van der Waals surface area contributed by atoms with E-state index >= 15 is 0 Å². The minimum atomic E-state index is -0.761. The van der Waals surface area contributed by atoms with Gasteiger partial charge in [0.05, 0.1) is 0 Å². The van der Waals surface area contributed by atoms with E-state index in [-0.39, 0.29) is 31.1 Å². The standard InChI is InChI=1S/C57H110O6/c1-5-8-10-12-14-16-18-20-21-22-23-24-26-28-34-38-42-46-50-57(60)63-54(51-61-55(58)48-44-40-36-32-27-25-19-17-15-13-11-9-6-2)52-62-56(59)49-45-41-37-33-30-29-31-35-39-43-47-53(4)7-3/h53-54H,5-52H2,1-4H3/t53?,54-/m1/s1. The molecule has 6 nitrogen and oxygen atoms in total. The molecule has 6 heteroatoms. The van der Waals surface area contributed by atoms with Gasteiger partial charge in [0.2, 0.25) is 0 Å². The number of unbranched alkanes of at least 4 members (excludes halogenated alkanes) is 38. The summed E-state index contributed by atoms with van der Waals surface area (Å²) < 4.78 is 16.9. The zero-order valence-electron chi connectivity index (χ0n) is 43.0. The Labute approximate surface area is 393 Å². The largest absolute Gasteiger partial charge is 0.462 e. The highest BCUT2D eigenvalue weighted by Crippen LogP contribution is 2.18. The van der Waals surface area contributed by atoms with Gasteiger partial charge in [-0.05, 0) is 25.2 Å². The fraction of sp³-hybridized carbons (Fsp3) is 0.947. The van der Waals surface area contributed by atoms with Gasteiger partial charge in [-0.3, -0.25) is 14.4 Å². The minimum Gasteiger partial charge on any atom is -0.462 e. The average molecular weight is 892 g/mol. The molecule has 1 unspecified atom stereocenters. The Morgan fingerprint density at radius 2 is 0.556 bits per heavy atom. The Kier molecular flexibility index (Phi) is 50.1. The normalized spacial score (nSPS) is 12.4. The molecule has 0 saturated heterocycles. The third-order valence-corrected chi connectivity index (χ3v) is 13.4. The van der Waals surface area contributed by atoms with Crippen molar-refractivity contribution in [2.45, 2.75) is 329 Å². The van der Waals surface area contributed by atoms with Crippen molar-refractivity contribution in [3.8, 4) is 0 Å². The average Bonchev–Trinajstić information content (AvgIpc) is 3.28. The lowest BCUT2D eigenvalue weighted by Gasteiger charge is -2.18. The second-order valence-electron chi connectivity index (χ2n) is 19.8. The molecule has 0 amide bonds. The molecule has 0 aliphatic heterocycles. The van der Waals surface area contributed by atoms with E-state index in [1.165, 1.54) is 218 Å². The highest BCUT2D eigenvalue weighted by Gasteiger charge is 2.19. The molecule has 0 fully saturated rings. The van der Waals surface area contributed by atoms with Crippen molar-refractivity contribution in [3.05, 3.63) is 0 Å². The lowest BCUT2D eigenvalue weighted by Crippen LogP contribution is -2.30. The van der Waals surface area contributed by atoms with Crippen LogP contribution in [0.25, 0.3) is 0 Å². The Balaban J connectivity index is 4.29. The van der Waals surface area contributed by atoms with Crippen LogP contribution in [0.4, 0.5) is 0 Å². The van der Waals surface area contributed by atoms with Gasteiger partial charge in [0.15, 0.2) is 6.10 Å². The number of esters is 3. The predicted molar refractivity (Wildman–Crippen MR) is 270 cm³/mol. The number of hydrogen-bond donors (Lipinski definition) is 0. The van der Waals surface area contributed by atoms with E-state index in [9.17, 15) is 14.4 Å². The van der Waals surface area contributed by atoms with E-state index in [1.807, 2.05) is 0 Å². The van der Waals surface area contributed by atoms with Crippen molar-refractivity contribution >= 4 is 17.9 Å². The molecule has 2 atom stereocenters. The molecular weight excluding hydrogens is 781 g/mol. The smallest absolute Gasteiger partial charge is 0.306 e. The molecule has 0 saturated carbocycles. The van der Waals surface area contributed by atoms with Crippen LogP contribution in [0.3, 0.4) is 0 Å². The van der Waals surface area contributed by atoms with Gasteiger partial charge in [0.1, 0.15) is 13.2 Å². The van der Waals surface area contributed by atoms with Crippen LogP contribution in [-0.2, 0) is 28.6 Å². The summed E-state index contributed by atoms with van der Waals surface area (Å²) in [5.41, 5.74) is 0. The maximum absolute atomic E-state index is 12.8. The number of carbonyl (C=O) groups excluding carboxylic acids is 3. The topological polar surface area (TPSA) is 78.9 Å². The van der Waals surface area contributed by atoms with Crippen LogP contribution in [-0.4, -0.2) is 37.2 Å². The van der Waals surface area contributed by atoms with Crippen LogP contribution < -0.4 is 0 Å². The second kappa shape index (κ2) is 51.4. The number of ether oxygens (including phenoxy) is 3. The van der Waals surface area contributed by atoms with Gasteiger partial charge < -0.3 is 14.2 Å². The maximum Gasteiger partial charge on any atom is 0.306 e. The van der Waals surface area contributed by atoms with Gasteiger partial charge in [0, 0.05) is 19.3 Å². The molecule has 0 aliphatic carbocycles. The summed E-state index contributed by atoms with van der Waals surface area (Å²) in [6.07, 6.45) is 55.1. The zero-order valence-corrected chi connectivity index (χ0v) is 43.0. The molecule has 0 N–H and O–H groups in total. The molecule has 0 aromatic heterocycles. The van der Waals surface area contributed by atoms with Crippen molar-refractivity contribution in [2.24, 2.45) is 5.92 Å². The Bertz CT molecular complexity index is 951. The molecule has 0 radical (unpaired) electrons. The van der Waals surface area contributed by atoms with Crippen LogP contribution in [0.2, 0.25) is 0 Å². The number of carbonyl (C=O) groups is 3. The minimum absolute atomic E-state index is 0.0622. The van der Waals surface area contributed by atoms with Crippen LogP contribution in [0, 0.1) is 5.92 Å². The van der Waals surface area contributed by atoms with E-state index in [0.29, 0.717) is 19.3 Å². The quantitative estimate of drug-likeness (QED) is 0.0344. The van der Waals surface area contributed by atoms with E-state index in [1.54, 1.807) is 0 Å². The molecule has 0 rings (SSSR count). The van der Waals surface area contributed by atoms with Crippen molar-refractivity contribution in [1.82, 2.24) is 0 Å². The third kappa shape index (κ3) is 49.7. The summed E-state index contributed by atoms with van der Waals surface area (Å²) in [6, 6.07) is 0. The Morgan fingerprint density at radius 1 is 0.317 bits per heavy atom. The fourth-order valence-electron chi connectivity index (χ4n) is 8.72. The van der Waals surface area contributed by atoms with E-state index in [2.05, 4.69) is 27.7 Å². The second-order valence-corrected chi connectivity index (χ2v) is 19.8. The van der Waals surface area contributed by atoms with Crippen LogP contribution >= 0.6 is 0 Å². The summed E-state index contributed by atoms with van der Waals surface area (Å²) in [5, 5.41) is 0. The van der Waals surface area contributed by atoms with Gasteiger partial charge in [-0.25, -0.2) is 0 Å². The highest BCUT2D eigenvalue weighted by molar-refractivity contribution is 5.71. The highest BCUT2D eigenvalue weighted by atomic mass is 16.6. The lowest BCUT2D eigenvalue weighted by atomic mass is 9.99. The monoisotopic (exact) mass is 891 g/mol. The Morgan fingerprint density at radius 3 is 0.825 bits per heavy atom. The van der Waals surface area contributed by atoms with Gasteiger partial charge in [-0.2, -0.15) is 0 Å². The summed E-state index contributed by atoms with van der Waals surface area (Å²) >= 11 is 0. The molecule has 0 aromatic rings. The van der Waals surface area contributed by atoms with Crippen molar-refractivity contribution < 1.29 is 28.6 Å². The summed E-state index contributed by atoms with van der Waals surface area (Å²) in [5.74, 6) is 0.0320. The molecule has 374 valence electrons. The van der Waals surface area contributed by atoms with Gasteiger partial charge in [-0.1, -0.05) is 285 Å². The maximum atomic E-state index is 12.8. The molecular formula is C57H110O6. The van der Waals surface area contributed by atoms with Crippen LogP contribution in [0.1, 0.15) is 323 Å². The summed E-state index contributed by atoms with van der Waals surface area (Å²) in [6.45, 7) is 9.07. The van der Waals surface area contributed by atoms with Gasteiger partial charge in [0.25, 0.3) is 0 Å². The van der Waals surface area contributed by atoms with Crippen LogP contribution in [0.5, 0.6) is 0 Å². The first-order valence-electron chi connectivity index (χ1n) is 28.4. The first kappa shape index (κ1) is 61.4. The first-order chi connectivity index (χ1) is 30.9. The molecule has 0 bridgehead atoms. The van der Waals surface area contributed by atoms with E-state index in [0.717, 1.165) is 63.7 Å². The number of hydrogen-bond acceptors (Lipinski definition) is 6. The molecule has 0 aromatic carbocycles. The summed E-state index contributed by atoms with van der Waals surface area (Å²) in [4.78, 5) is 38.1. The van der Waals surface area contributed by atoms with Crippen molar-refractivity contribution in [2.75, 3.05) is 13.2 Å². The Hall–Kier alpha value is -1.59.